The highest BCUT2D eigenvalue weighted by molar-refractivity contribution is 7.89. The maximum absolute atomic E-state index is 12.8. The molecule has 25 heavy (non-hydrogen) atoms. The molecule has 7 heteroatoms. The van der Waals surface area contributed by atoms with E-state index < -0.39 is 10.0 Å². The quantitative estimate of drug-likeness (QED) is 0.741. The Labute approximate surface area is 153 Å². The number of hydrogen-bond acceptors (Lipinski definition) is 5. The Kier molecular flexibility index (Phi) is 6.24. The van der Waals surface area contributed by atoms with Crippen molar-refractivity contribution < 1.29 is 13.2 Å². The van der Waals surface area contributed by atoms with E-state index in [0.29, 0.717) is 31.2 Å². The highest BCUT2D eigenvalue weighted by Crippen LogP contribution is 2.20. The third kappa shape index (κ3) is 4.68. The smallest absolute Gasteiger partial charge is 0.243 e. The molecule has 1 aliphatic rings. The predicted molar refractivity (Wildman–Crippen MR) is 100 cm³/mol. The summed E-state index contributed by atoms with van der Waals surface area (Å²) in [4.78, 5) is 4.00. The summed E-state index contributed by atoms with van der Waals surface area (Å²) in [5, 5.41) is 2.08. The van der Waals surface area contributed by atoms with Gasteiger partial charge in [-0.25, -0.2) is 8.42 Å². The van der Waals surface area contributed by atoms with E-state index in [9.17, 15) is 8.42 Å². The van der Waals surface area contributed by atoms with E-state index in [4.69, 9.17) is 4.74 Å². The molecule has 0 aliphatic carbocycles. The van der Waals surface area contributed by atoms with Crippen LogP contribution in [0.2, 0.25) is 0 Å². The first kappa shape index (κ1) is 18.5. The van der Waals surface area contributed by atoms with Crippen molar-refractivity contribution in [3.05, 3.63) is 52.2 Å². The van der Waals surface area contributed by atoms with Gasteiger partial charge in [0, 0.05) is 31.1 Å². The van der Waals surface area contributed by atoms with Crippen LogP contribution in [0.15, 0.2) is 46.7 Å². The minimum atomic E-state index is -3.44. The molecule has 0 saturated carbocycles. The van der Waals surface area contributed by atoms with Crippen molar-refractivity contribution in [2.24, 2.45) is 0 Å². The first-order chi connectivity index (χ1) is 12.1. The third-order valence-electron chi connectivity index (χ3n) is 4.32. The minimum absolute atomic E-state index is 0.374. The summed E-state index contributed by atoms with van der Waals surface area (Å²) in [6, 6.07) is 11.5. The number of hydrogen-bond donors (Lipinski definition) is 0. The molecule has 2 aromatic rings. The molecule has 3 rings (SSSR count). The van der Waals surface area contributed by atoms with Crippen LogP contribution in [-0.4, -0.2) is 50.5 Å². The fraction of sp³-hybridized carbons (Fsp3) is 0.444. The molecule has 1 saturated heterocycles. The average Bonchev–Trinajstić information content (AvgIpc) is 3.15. The predicted octanol–water partition coefficient (Wildman–Crippen LogP) is 2.79. The van der Waals surface area contributed by atoms with Crippen molar-refractivity contribution in [2.75, 3.05) is 32.8 Å². The summed E-state index contributed by atoms with van der Waals surface area (Å²) < 4.78 is 32.4. The Hall–Kier alpha value is -1.25. The van der Waals surface area contributed by atoms with Gasteiger partial charge in [-0.2, -0.15) is 4.31 Å². The lowest BCUT2D eigenvalue weighted by Gasteiger charge is -2.26. The Morgan fingerprint density at radius 1 is 1.16 bits per heavy atom. The van der Waals surface area contributed by atoms with Crippen LogP contribution in [0.4, 0.5) is 0 Å². The van der Waals surface area contributed by atoms with Crippen LogP contribution >= 0.6 is 11.3 Å². The Morgan fingerprint density at radius 2 is 1.96 bits per heavy atom. The van der Waals surface area contributed by atoms with Gasteiger partial charge in [0.15, 0.2) is 0 Å². The zero-order chi connectivity index (χ0) is 17.7. The van der Waals surface area contributed by atoms with Gasteiger partial charge in [0.1, 0.15) is 0 Å². The lowest BCUT2D eigenvalue weighted by molar-refractivity contribution is 0.0730. The lowest BCUT2D eigenvalue weighted by atomic mass is 10.2. The van der Waals surface area contributed by atoms with Crippen molar-refractivity contribution in [3.8, 4) is 0 Å². The largest absolute Gasteiger partial charge is 0.379 e. The first-order valence-corrected chi connectivity index (χ1v) is 10.8. The molecule has 0 atom stereocenters. The molecule has 1 aromatic carbocycles. The van der Waals surface area contributed by atoms with E-state index in [1.54, 1.807) is 17.4 Å². The molecule has 1 fully saturated rings. The van der Waals surface area contributed by atoms with E-state index in [0.717, 1.165) is 25.2 Å². The zero-order valence-corrected chi connectivity index (χ0v) is 16.1. The number of thiophene rings is 1. The summed E-state index contributed by atoms with van der Waals surface area (Å²) in [7, 11) is -3.44. The van der Waals surface area contributed by atoms with Crippen LogP contribution in [0, 0.1) is 0 Å². The summed E-state index contributed by atoms with van der Waals surface area (Å²) in [6.07, 6.45) is 0. The summed E-state index contributed by atoms with van der Waals surface area (Å²) in [5.74, 6) is 0. The van der Waals surface area contributed by atoms with Crippen LogP contribution in [-0.2, 0) is 27.8 Å². The molecule has 136 valence electrons. The number of benzene rings is 1. The SMILES string of the molecule is CCN(Cc1cccc(S(=O)(=O)N2CCOCC2)c1)Cc1cccs1. The second-order valence-corrected chi connectivity index (χ2v) is 9.02. The fourth-order valence-corrected chi connectivity index (χ4v) is 5.13. The molecular weight excluding hydrogens is 356 g/mol. The van der Waals surface area contributed by atoms with E-state index in [1.165, 1.54) is 9.18 Å². The van der Waals surface area contributed by atoms with Gasteiger partial charge >= 0.3 is 0 Å². The normalized spacial score (nSPS) is 16.4. The second kappa shape index (κ2) is 8.42. The van der Waals surface area contributed by atoms with Gasteiger partial charge in [-0.05, 0) is 35.7 Å². The van der Waals surface area contributed by atoms with Crippen LogP contribution in [0.5, 0.6) is 0 Å². The van der Waals surface area contributed by atoms with Gasteiger partial charge < -0.3 is 4.74 Å². The molecule has 0 bridgehead atoms. The molecule has 0 unspecified atom stereocenters. The number of sulfonamides is 1. The zero-order valence-electron chi connectivity index (χ0n) is 14.4. The fourth-order valence-electron chi connectivity index (χ4n) is 2.90. The molecule has 0 N–H and O–H groups in total. The number of ether oxygens (including phenoxy) is 1. The lowest BCUT2D eigenvalue weighted by Crippen LogP contribution is -2.40. The molecule has 0 radical (unpaired) electrons. The Morgan fingerprint density at radius 3 is 2.64 bits per heavy atom. The number of nitrogens with zero attached hydrogens (tertiary/aromatic N) is 2. The van der Waals surface area contributed by atoms with Crippen LogP contribution in [0.25, 0.3) is 0 Å². The van der Waals surface area contributed by atoms with Crippen LogP contribution < -0.4 is 0 Å². The number of rotatable bonds is 7. The van der Waals surface area contributed by atoms with E-state index in [1.807, 2.05) is 18.2 Å². The van der Waals surface area contributed by atoms with Crippen molar-refractivity contribution in [1.29, 1.82) is 0 Å². The molecular formula is C18H24N2O3S2. The second-order valence-electron chi connectivity index (χ2n) is 6.05. The molecule has 1 aliphatic heterocycles. The molecule has 0 spiro atoms. The maximum atomic E-state index is 12.8. The summed E-state index contributed by atoms with van der Waals surface area (Å²) in [5.41, 5.74) is 1.02. The standard InChI is InChI=1S/C18H24N2O3S2/c1-2-19(15-17-6-4-12-24-17)14-16-5-3-7-18(13-16)25(21,22)20-8-10-23-11-9-20/h3-7,12-13H,2,8-11,14-15H2,1H3. The minimum Gasteiger partial charge on any atom is -0.379 e. The van der Waals surface area contributed by atoms with Gasteiger partial charge in [-0.3, -0.25) is 4.90 Å². The summed E-state index contributed by atoms with van der Waals surface area (Å²) >= 11 is 1.75. The van der Waals surface area contributed by atoms with Crippen molar-refractivity contribution >= 4 is 21.4 Å². The van der Waals surface area contributed by atoms with Crippen LogP contribution in [0.1, 0.15) is 17.4 Å². The topological polar surface area (TPSA) is 49.9 Å². The molecule has 1 aromatic heterocycles. The van der Waals surface area contributed by atoms with E-state index >= 15 is 0 Å². The van der Waals surface area contributed by atoms with Gasteiger partial charge in [0.05, 0.1) is 18.1 Å². The van der Waals surface area contributed by atoms with Gasteiger partial charge in [0.2, 0.25) is 10.0 Å². The monoisotopic (exact) mass is 380 g/mol. The molecule has 5 nitrogen and oxygen atoms in total. The Bertz CT molecular complexity index is 769. The highest BCUT2D eigenvalue weighted by atomic mass is 32.2. The van der Waals surface area contributed by atoms with Crippen molar-refractivity contribution in [1.82, 2.24) is 9.21 Å². The maximum Gasteiger partial charge on any atom is 0.243 e. The third-order valence-corrected chi connectivity index (χ3v) is 7.08. The first-order valence-electron chi connectivity index (χ1n) is 8.51. The van der Waals surface area contributed by atoms with Gasteiger partial charge in [-0.15, -0.1) is 11.3 Å². The average molecular weight is 381 g/mol. The van der Waals surface area contributed by atoms with Gasteiger partial charge in [-0.1, -0.05) is 25.1 Å². The van der Waals surface area contributed by atoms with E-state index in [2.05, 4.69) is 29.3 Å². The van der Waals surface area contributed by atoms with Gasteiger partial charge in [0.25, 0.3) is 0 Å². The molecule has 2 heterocycles. The number of morpholine rings is 1. The Balaban J connectivity index is 1.74. The van der Waals surface area contributed by atoms with Crippen LogP contribution in [0.3, 0.4) is 0 Å². The highest BCUT2D eigenvalue weighted by Gasteiger charge is 2.26. The molecule has 0 amide bonds. The van der Waals surface area contributed by atoms with E-state index in [-0.39, 0.29) is 0 Å². The summed E-state index contributed by atoms with van der Waals surface area (Å²) in [6.45, 7) is 6.43. The van der Waals surface area contributed by atoms with Crippen molar-refractivity contribution in [2.45, 2.75) is 24.9 Å². The van der Waals surface area contributed by atoms with Crippen molar-refractivity contribution in [3.63, 3.8) is 0 Å².